The van der Waals surface area contributed by atoms with E-state index in [-0.39, 0.29) is 6.10 Å². The molecule has 3 rings (SSSR count). The van der Waals surface area contributed by atoms with Crippen molar-refractivity contribution in [2.75, 3.05) is 13.1 Å². The van der Waals surface area contributed by atoms with Crippen molar-refractivity contribution in [1.82, 2.24) is 5.32 Å². The van der Waals surface area contributed by atoms with Crippen molar-refractivity contribution in [3.8, 4) is 17.2 Å². The number of para-hydroxylation sites is 1. The molecule has 0 aromatic heterocycles. The zero-order valence-corrected chi connectivity index (χ0v) is 10.0. The molecule has 0 amide bonds. The van der Waals surface area contributed by atoms with Gasteiger partial charge in [-0.1, -0.05) is 24.3 Å². The van der Waals surface area contributed by atoms with Gasteiger partial charge >= 0.3 is 0 Å². The van der Waals surface area contributed by atoms with Crippen LogP contribution in [0.2, 0.25) is 0 Å². The van der Waals surface area contributed by atoms with E-state index in [0.717, 1.165) is 30.3 Å². The van der Waals surface area contributed by atoms with Gasteiger partial charge in [0.15, 0.2) is 0 Å². The van der Waals surface area contributed by atoms with E-state index in [2.05, 4.69) is 5.32 Å². The first-order valence-corrected chi connectivity index (χ1v) is 6.10. The summed E-state index contributed by atoms with van der Waals surface area (Å²) in [6.45, 7) is 1.84. The van der Waals surface area contributed by atoms with Gasteiger partial charge in [0.05, 0.1) is 0 Å². The third-order valence-corrected chi connectivity index (χ3v) is 2.83. The second kappa shape index (κ2) is 5.10. The van der Waals surface area contributed by atoms with Crippen LogP contribution in [0.5, 0.6) is 17.2 Å². The van der Waals surface area contributed by atoms with Crippen LogP contribution in [0.25, 0.3) is 0 Å². The van der Waals surface area contributed by atoms with Crippen molar-refractivity contribution in [2.24, 2.45) is 0 Å². The summed E-state index contributed by atoms with van der Waals surface area (Å²) in [5, 5.41) is 3.18. The number of nitrogens with one attached hydrogen (secondary N) is 1. The molecule has 2 aromatic rings. The molecular weight excluding hydrogens is 226 g/mol. The number of rotatable bonds is 4. The molecule has 2 aromatic carbocycles. The molecule has 3 heteroatoms. The first-order chi connectivity index (χ1) is 8.90. The predicted molar refractivity (Wildman–Crippen MR) is 70.2 cm³/mol. The molecule has 18 heavy (non-hydrogen) atoms. The summed E-state index contributed by atoms with van der Waals surface area (Å²) in [6, 6.07) is 17.5. The lowest BCUT2D eigenvalue weighted by Crippen LogP contribution is -2.50. The lowest BCUT2D eigenvalue weighted by Gasteiger charge is -2.27. The summed E-state index contributed by atoms with van der Waals surface area (Å²) in [4.78, 5) is 0. The van der Waals surface area contributed by atoms with Gasteiger partial charge in [-0.15, -0.1) is 0 Å². The second-order valence-electron chi connectivity index (χ2n) is 4.29. The zero-order valence-electron chi connectivity index (χ0n) is 10.0. The van der Waals surface area contributed by atoms with Gasteiger partial charge in [-0.25, -0.2) is 0 Å². The van der Waals surface area contributed by atoms with Crippen molar-refractivity contribution in [3.05, 3.63) is 54.6 Å². The first kappa shape index (κ1) is 11.1. The van der Waals surface area contributed by atoms with Crippen LogP contribution in [0.15, 0.2) is 54.6 Å². The molecule has 1 N–H and O–H groups in total. The van der Waals surface area contributed by atoms with Crippen LogP contribution in [0, 0.1) is 0 Å². The van der Waals surface area contributed by atoms with E-state index in [1.54, 1.807) is 0 Å². The molecule has 0 radical (unpaired) electrons. The van der Waals surface area contributed by atoms with E-state index in [0.29, 0.717) is 0 Å². The highest BCUT2D eigenvalue weighted by molar-refractivity contribution is 5.36. The molecular formula is C15H15NO2. The van der Waals surface area contributed by atoms with Crippen molar-refractivity contribution >= 4 is 0 Å². The average Bonchev–Trinajstić information content (AvgIpc) is 2.36. The fraction of sp³-hybridized carbons (Fsp3) is 0.200. The topological polar surface area (TPSA) is 30.5 Å². The maximum absolute atomic E-state index is 5.79. The monoisotopic (exact) mass is 241 g/mol. The lowest BCUT2D eigenvalue weighted by molar-refractivity contribution is 0.142. The van der Waals surface area contributed by atoms with Crippen molar-refractivity contribution in [2.45, 2.75) is 6.10 Å². The van der Waals surface area contributed by atoms with Crippen LogP contribution in [-0.2, 0) is 0 Å². The Morgan fingerprint density at radius 1 is 0.833 bits per heavy atom. The van der Waals surface area contributed by atoms with E-state index < -0.39 is 0 Å². The average molecular weight is 241 g/mol. The minimum Gasteiger partial charge on any atom is -0.488 e. The van der Waals surface area contributed by atoms with Crippen LogP contribution < -0.4 is 14.8 Å². The normalized spacial score (nSPS) is 14.9. The second-order valence-corrected chi connectivity index (χ2v) is 4.29. The maximum Gasteiger partial charge on any atom is 0.131 e. The molecule has 0 unspecified atom stereocenters. The van der Waals surface area contributed by atoms with Gasteiger partial charge in [-0.3, -0.25) is 0 Å². The Bertz CT molecular complexity index is 509. The number of ether oxygens (including phenoxy) is 2. The Labute approximate surface area is 106 Å². The Kier molecular flexibility index (Phi) is 3.15. The molecule has 1 saturated heterocycles. The molecule has 0 saturated carbocycles. The summed E-state index contributed by atoms with van der Waals surface area (Å²) in [5.74, 6) is 2.49. The van der Waals surface area contributed by atoms with Crippen LogP contribution in [-0.4, -0.2) is 19.2 Å². The highest BCUT2D eigenvalue weighted by atomic mass is 16.5. The minimum atomic E-state index is 0.289. The largest absolute Gasteiger partial charge is 0.488 e. The van der Waals surface area contributed by atoms with Crippen LogP contribution in [0.3, 0.4) is 0 Å². The predicted octanol–water partition coefficient (Wildman–Crippen LogP) is 2.83. The molecule has 1 heterocycles. The first-order valence-electron chi connectivity index (χ1n) is 6.10. The molecule has 92 valence electrons. The van der Waals surface area contributed by atoms with E-state index in [4.69, 9.17) is 9.47 Å². The van der Waals surface area contributed by atoms with Gasteiger partial charge in [0.2, 0.25) is 0 Å². The quantitative estimate of drug-likeness (QED) is 0.892. The van der Waals surface area contributed by atoms with Crippen molar-refractivity contribution in [1.29, 1.82) is 0 Å². The number of benzene rings is 2. The van der Waals surface area contributed by atoms with E-state index in [1.807, 2.05) is 54.6 Å². The standard InChI is InChI=1S/C15H15NO2/c1-2-5-12(6-3-1)17-13-7-4-8-14(9-13)18-15-10-16-11-15/h1-9,15-16H,10-11H2. The zero-order chi connectivity index (χ0) is 12.2. The summed E-state index contributed by atoms with van der Waals surface area (Å²) < 4.78 is 11.5. The Hall–Kier alpha value is -2.00. The van der Waals surface area contributed by atoms with Gasteiger partial charge in [0, 0.05) is 19.2 Å². The van der Waals surface area contributed by atoms with E-state index >= 15 is 0 Å². The van der Waals surface area contributed by atoms with Gasteiger partial charge in [-0.2, -0.15) is 0 Å². The SMILES string of the molecule is c1ccc(Oc2cccc(OC3CNC3)c2)cc1. The van der Waals surface area contributed by atoms with E-state index in [9.17, 15) is 0 Å². The lowest BCUT2D eigenvalue weighted by atomic mass is 10.2. The molecule has 1 aliphatic heterocycles. The van der Waals surface area contributed by atoms with Crippen molar-refractivity contribution in [3.63, 3.8) is 0 Å². The van der Waals surface area contributed by atoms with Crippen LogP contribution >= 0.6 is 0 Å². The molecule has 1 aliphatic rings. The van der Waals surface area contributed by atoms with Gasteiger partial charge in [0.1, 0.15) is 23.4 Å². The minimum absolute atomic E-state index is 0.289. The number of hydrogen-bond donors (Lipinski definition) is 1. The summed E-state index contributed by atoms with van der Waals surface area (Å²) >= 11 is 0. The van der Waals surface area contributed by atoms with Gasteiger partial charge < -0.3 is 14.8 Å². The summed E-state index contributed by atoms with van der Waals surface area (Å²) in [6.07, 6.45) is 0.289. The highest BCUT2D eigenvalue weighted by Crippen LogP contribution is 2.25. The summed E-state index contributed by atoms with van der Waals surface area (Å²) in [5.41, 5.74) is 0. The Balaban J connectivity index is 1.70. The smallest absolute Gasteiger partial charge is 0.131 e. The molecule has 0 spiro atoms. The Morgan fingerprint density at radius 2 is 1.56 bits per heavy atom. The van der Waals surface area contributed by atoms with Crippen LogP contribution in [0.1, 0.15) is 0 Å². The maximum atomic E-state index is 5.79. The van der Waals surface area contributed by atoms with Crippen molar-refractivity contribution < 1.29 is 9.47 Å². The van der Waals surface area contributed by atoms with E-state index in [1.165, 1.54) is 0 Å². The van der Waals surface area contributed by atoms with Gasteiger partial charge in [-0.05, 0) is 24.3 Å². The molecule has 1 fully saturated rings. The van der Waals surface area contributed by atoms with Gasteiger partial charge in [0.25, 0.3) is 0 Å². The fourth-order valence-corrected chi connectivity index (χ4v) is 1.77. The highest BCUT2D eigenvalue weighted by Gasteiger charge is 2.18. The summed E-state index contributed by atoms with van der Waals surface area (Å²) in [7, 11) is 0. The molecule has 0 aliphatic carbocycles. The third-order valence-electron chi connectivity index (χ3n) is 2.83. The third kappa shape index (κ3) is 2.63. The van der Waals surface area contributed by atoms with Crippen LogP contribution in [0.4, 0.5) is 0 Å². The number of hydrogen-bond acceptors (Lipinski definition) is 3. The molecule has 3 nitrogen and oxygen atoms in total. The fourth-order valence-electron chi connectivity index (χ4n) is 1.77. The molecule has 0 bridgehead atoms. The Morgan fingerprint density at radius 3 is 2.28 bits per heavy atom. The molecule has 0 atom stereocenters.